The molecular weight excluding hydrogens is 282 g/mol. The van der Waals surface area contributed by atoms with Crippen molar-refractivity contribution in [2.75, 3.05) is 0 Å². The second kappa shape index (κ2) is 6.32. The normalized spacial score (nSPS) is 11.0. The summed E-state index contributed by atoms with van der Waals surface area (Å²) in [4.78, 5) is 0. The lowest BCUT2D eigenvalue weighted by molar-refractivity contribution is 0.472. The van der Waals surface area contributed by atoms with Gasteiger partial charge in [-0.05, 0) is 24.6 Å². The van der Waals surface area contributed by atoms with Gasteiger partial charge in [-0.2, -0.15) is 0 Å². The van der Waals surface area contributed by atoms with Gasteiger partial charge in [0.15, 0.2) is 0 Å². The van der Waals surface area contributed by atoms with Gasteiger partial charge in [-0.3, -0.25) is 0 Å². The molecule has 0 aliphatic rings. The number of ether oxygens (including phenoxy) is 1. The number of hydrogen-bond acceptors (Lipinski definition) is 5. The van der Waals surface area contributed by atoms with Crippen molar-refractivity contribution >= 4 is 22.9 Å². The molecule has 6 heteroatoms. The Morgan fingerprint density at radius 3 is 2.89 bits per heavy atom. The summed E-state index contributed by atoms with van der Waals surface area (Å²) < 4.78 is 5.66. The van der Waals surface area contributed by atoms with Crippen molar-refractivity contribution in [2.24, 2.45) is 0 Å². The van der Waals surface area contributed by atoms with Gasteiger partial charge in [-0.25, -0.2) is 0 Å². The summed E-state index contributed by atoms with van der Waals surface area (Å²) in [6.45, 7) is 6.86. The summed E-state index contributed by atoms with van der Waals surface area (Å²) in [7, 11) is 0. The molecule has 1 N–H and O–H groups in total. The fourth-order valence-electron chi connectivity index (χ4n) is 1.43. The molecule has 0 saturated carbocycles. The van der Waals surface area contributed by atoms with E-state index < -0.39 is 0 Å². The minimum absolute atomic E-state index is 0.416. The molecule has 0 bridgehead atoms. The lowest BCUT2D eigenvalue weighted by atomic mass is 10.2. The summed E-state index contributed by atoms with van der Waals surface area (Å²) in [6.07, 6.45) is 0. The number of rotatable bonds is 5. The Morgan fingerprint density at radius 1 is 1.37 bits per heavy atom. The van der Waals surface area contributed by atoms with E-state index in [1.54, 1.807) is 0 Å². The quantitative estimate of drug-likeness (QED) is 0.912. The predicted octanol–water partition coefficient (Wildman–Crippen LogP) is 3.79. The highest BCUT2D eigenvalue weighted by Gasteiger charge is 2.09. The van der Waals surface area contributed by atoms with Crippen molar-refractivity contribution in [3.8, 4) is 10.9 Å². The third-order valence-electron chi connectivity index (χ3n) is 2.39. The Morgan fingerprint density at radius 2 is 2.16 bits per heavy atom. The van der Waals surface area contributed by atoms with Crippen LogP contribution in [0.1, 0.15) is 24.4 Å². The average Bonchev–Trinajstić information content (AvgIpc) is 2.79. The van der Waals surface area contributed by atoms with Gasteiger partial charge in [0.2, 0.25) is 0 Å². The fourth-order valence-corrected chi connectivity index (χ4v) is 2.23. The van der Waals surface area contributed by atoms with E-state index in [0.717, 1.165) is 10.6 Å². The molecule has 1 aromatic heterocycles. The van der Waals surface area contributed by atoms with Crippen molar-refractivity contribution in [1.29, 1.82) is 0 Å². The largest absolute Gasteiger partial charge is 0.428 e. The maximum absolute atomic E-state index is 6.07. The van der Waals surface area contributed by atoms with Crippen LogP contribution in [0.4, 0.5) is 0 Å². The van der Waals surface area contributed by atoms with Crippen LogP contribution in [-0.4, -0.2) is 16.2 Å². The lowest BCUT2D eigenvalue weighted by Crippen LogP contribution is -2.21. The highest BCUT2D eigenvalue weighted by atomic mass is 35.5. The van der Waals surface area contributed by atoms with E-state index in [-0.39, 0.29) is 0 Å². The van der Waals surface area contributed by atoms with Gasteiger partial charge in [-0.15, -0.1) is 5.10 Å². The van der Waals surface area contributed by atoms with Gasteiger partial charge in [0.05, 0.1) is 11.6 Å². The predicted molar refractivity (Wildman–Crippen MR) is 78.1 cm³/mol. The molecule has 1 heterocycles. The van der Waals surface area contributed by atoms with Gasteiger partial charge in [0, 0.05) is 6.04 Å². The monoisotopic (exact) mass is 297 g/mol. The van der Waals surface area contributed by atoms with Crippen LogP contribution in [-0.2, 0) is 6.54 Å². The van der Waals surface area contributed by atoms with Gasteiger partial charge in [0.25, 0.3) is 5.19 Å². The molecule has 1 aromatic carbocycles. The van der Waals surface area contributed by atoms with Crippen LogP contribution in [0.15, 0.2) is 18.2 Å². The van der Waals surface area contributed by atoms with Gasteiger partial charge in [0.1, 0.15) is 10.8 Å². The third kappa shape index (κ3) is 4.16. The number of aryl methyl sites for hydroxylation is 1. The Bertz CT molecular complexity index is 557. The zero-order valence-electron chi connectivity index (χ0n) is 11.1. The smallest absolute Gasteiger partial charge is 0.299 e. The molecule has 19 heavy (non-hydrogen) atoms. The van der Waals surface area contributed by atoms with Crippen LogP contribution in [0.25, 0.3) is 0 Å². The molecule has 0 unspecified atom stereocenters. The van der Waals surface area contributed by atoms with E-state index in [1.165, 1.54) is 11.3 Å². The number of benzene rings is 1. The Balaban J connectivity index is 2.05. The number of aromatic nitrogens is 2. The number of hydrogen-bond donors (Lipinski definition) is 1. The summed E-state index contributed by atoms with van der Waals surface area (Å²) in [5, 5.41) is 13.3. The van der Waals surface area contributed by atoms with Crippen LogP contribution in [0.2, 0.25) is 5.02 Å². The molecule has 2 rings (SSSR count). The molecule has 4 nitrogen and oxygen atoms in total. The number of nitrogens with one attached hydrogen (secondary N) is 1. The zero-order chi connectivity index (χ0) is 13.8. The van der Waals surface area contributed by atoms with E-state index in [2.05, 4.69) is 29.4 Å². The zero-order valence-corrected chi connectivity index (χ0v) is 12.7. The standard InChI is InChI=1S/C13H16ClN3OS/c1-8(2)15-7-12-16-17-13(19-12)18-11-6-9(3)4-5-10(11)14/h4-6,8,15H,7H2,1-3H3. The maximum atomic E-state index is 6.07. The van der Waals surface area contributed by atoms with Gasteiger partial charge >= 0.3 is 0 Å². The minimum atomic E-state index is 0.416. The Labute approximate surface area is 121 Å². The molecule has 0 fully saturated rings. The molecular formula is C13H16ClN3OS. The first-order valence-electron chi connectivity index (χ1n) is 6.04. The molecule has 0 radical (unpaired) electrons. The lowest BCUT2D eigenvalue weighted by Gasteiger charge is -2.05. The first kappa shape index (κ1) is 14.2. The molecule has 0 aliphatic heterocycles. The van der Waals surface area contributed by atoms with E-state index in [1.807, 2.05) is 25.1 Å². The van der Waals surface area contributed by atoms with Crippen molar-refractivity contribution in [2.45, 2.75) is 33.4 Å². The van der Waals surface area contributed by atoms with Crippen molar-refractivity contribution in [3.63, 3.8) is 0 Å². The third-order valence-corrected chi connectivity index (χ3v) is 3.51. The summed E-state index contributed by atoms with van der Waals surface area (Å²) in [6, 6.07) is 6.05. The minimum Gasteiger partial charge on any atom is -0.428 e. The van der Waals surface area contributed by atoms with E-state index in [4.69, 9.17) is 16.3 Å². The molecule has 0 spiro atoms. The molecule has 0 atom stereocenters. The van der Waals surface area contributed by atoms with Crippen LogP contribution in [0, 0.1) is 6.92 Å². The van der Waals surface area contributed by atoms with E-state index in [0.29, 0.717) is 28.6 Å². The SMILES string of the molecule is Cc1ccc(Cl)c(Oc2nnc(CNC(C)C)s2)c1. The van der Waals surface area contributed by atoms with Crippen LogP contribution < -0.4 is 10.1 Å². The Kier molecular flexibility index (Phi) is 4.74. The van der Waals surface area contributed by atoms with Crippen LogP contribution >= 0.6 is 22.9 Å². The highest BCUT2D eigenvalue weighted by molar-refractivity contribution is 7.13. The summed E-state index contributed by atoms with van der Waals surface area (Å²) in [5.74, 6) is 0.612. The van der Waals surface area contributed by atoms with Crippen molar-refractivity contribution in [3.05, 3.63) is 33.8 Å². The first-order valence-corrected chi connectivity index (χ1v) is 7.24. The number of nitrogens with zero attached hydrogens (tertiary/aromatic N) is 2. The second-order valence-corrected chi connectivity index (χ2v) is 5.97. The molecule has 0 saturated heterocycles. The molecule has 0 amide bonds. The topological polar surface area (TPSA) is 47.0 Å². The molecule has 102 valence electrons. The van der Waals surface area contributed by atoms with E-state index in [9.17, 15) is 0 Å². The van der Waals surface area contributed by atoms with Gasteiger partial charge < -0.3 is 10.1 Å². The van der Waals surface area contributed by atoms with Crippen LogP contribution in [0.5, 0.6) is 10.9 Å². The average molecular weight is 298 g/mol. The van der Waals surface area contributed by atoms with E-state index >= 15 is 0 Å². The number of halogens is 1. The maximum Gasteiger partial charge on any atom is 0.299 e. The molecule has 2 aromatic rings. The molecule has 0 aliphatic carbocycles. The second-order valence-electron chi connectivity index (χ2n) is 4.53. The van der Waals surface area contributed by atoms with Crippen LogP contribution in [0.3, 0.4) is 0 Å². The highest BCUT2D eigenvalue weighted by Crippen LogP contribution is 2.31. The Hall–Kier alpha value is -1.17. The fraction of sp³-hybridized carbons (Fsp3) is 0.385. The first-order chi connectivity index (χ1) is 9.04. The van der Waals surface area contributed by atoms with Crippen molar-refractivity contribution in [1.82, 2.24) is 15.5 Å². The van der Waals surface area contributed by atoms with Crippen molar-refractivity contribution < 1.29 is 4.74 Å². The summed E-state index contributed by atoms with van der Waals surface area (Å²) >= 11 is 7.49. The summed E-state index contributed by atoms with van der Waals surface area (Å²) in [5.41, 5.74) is 1.09. The van der Waals surface area contributed by atoms with Gasteiger partial charge in [-0.1, -0.05) is 48.0 Å².